The minimum absolute atomic E-state index is 0.0284. The molecule has 0 aliphatic heterocycles. The molecule has 0 saturated carbocycles. The molecule has 0 amide bonds. The van der Waals surface area contributed by atoms with Crippen molar-refractivity contribution >= 4 is 37.1 Å². The third-order valence-corrected chi connectivity index (χ3v) is 16.0. The van der Waals surface area contributed by atoms with Crippen molar-refractivity contribution < 1.29 is 0 Å². The van der Waals surface area contributed by atoms with Gasteiger partial charge in [0.05, 0.1) is 0 Å². The van der Waals surface area contributed by atoms with E-state index in [2.05, 4.69) is 187 Å². The Hall–Kier alpha value is -3.30. The number of allylic oxidation sites excluding steroid dienone is 8. The average molecular weight is 625 g/mol. The van der Waals surface area contributed by atoms with Gasteiger partial charge in [0.2, 0.25) is 0 Å². The SMILES string of the molecule is CC(C)(C1=CCC(C(C)(C)P(c2ccccc2)c2ccccc2)=C1)C1=CCC(C(C)(C)P(c2ccccc2)c2ccccc2)=C1. The molecular weight excluding hydrogens is 578 g/mol. The second-order valence-electron chi connectivity index (χ2n) is 13.8. The van der Waals surface area contributed by atoms with Crippen molar-refractivity contribution in [2.24, 2.45) is 5.41 Å². The molecule has 0 spiro atoms. The molecule has 2 heteroatoms. The van der Waals surface area contributed by atoms with Crippen molar-refractivity contribution in [3.8, 4) is 0 Å². The van der Waals surface area contributed by atoms with Crippen LogP contribution in [0.3, 0.4) is 0 Å². The highest BCUT2D eigenvalue weighted by Crippen LogP contribution is 2.57. The van der Waals surface area contributed by atoms with Gasteiger partial charge in [0, 0.05) is 15.7 Å². The zero-order valence-corrected chi connectivity index (χ0v) is 29.5. The molecule has 6 rings (SSSR count). The van der Waals surface area contributed by atoms with Gasteiger partial charge in [-0.05, 0) is 61.0 Å². The molecule has 0 atom stereocenters. The van der Waals surface area contributed by atoms with Gasteiger partial charge in [0.15, 0.2) is 0 Å². The molecule has 0 aromatic heterocycles. The molecule has 0 unspecified atom stereocenters. The molecule has 0 heterocycles. The van der Waals surface area contributed by atoms with Crippen LogP contribution in [0.5, 0.6) is 0 Å². The Balaban J connectivity index is 1.30. The lowest BCUT2D eigenvalue weighted by molar-refractivity contribution is 0.567. The van der Waals surface area contributed by atoms with Gasteiger partial charge in [-0.25, -0.2) is 0 Å². The first-order valence-electron chi connectivity index (χ1n) is 16.2. The lowest BCUT2D eigenvalue weighted by Gasteiger charge is -2.37. The zero-order chi connectivity index (χ0) is 31.7. The van der Waals surface area contributed by atoms with E-state index in [9.17, 15) is 0 Å². The van der Waals surface area contributed by atoms with Crippen LogP contribution in [0.1, 0.15) is 54.4 Å². The summed E-state index contributed by atoms with van der Waals surface area (Å²) in [6.07, 6.45) is 12.2. The summed E-state index contributed by atoms with van der Waals surface area (Å²) in [4.78, 5) is 0. The molecule has 0 bridgehead atoms. The van der Waals surface area contributed by atoms with E-state index in [0.29, 0.717) is 0 Å². The van der Waals surface area contributed by atoms with Crippen LogP contribution in [-0.2, 0) is 0 Å². The standard InChI is InChI=1S/C43H46P2/c1-41(2,33-27-29-35(31-33)42(3,4)44(37-19-11-7-12-20-37)38-21-13-8-14-22-38)34-28-30-36(32-34)43(5,6)45(39-23-15-9-16-24-39)40-25-17-10-18-26-40/h7-28,31-32H,29-30H2,1-6H3. The molecule has 0 saturated heterocycles. The number of benzene rings is 4. The van der Waals surface area contributed by atoms with Crippen molar-refractivity contribution in [2.45, 2.75) is 64.7 Å². The van der Waals surface area contributed by atoms with Crippen LogP contribution in [0.15, 0.2) is 168 Å². The van der Waals surface area contributed by atoms with Crippen LogP contribution < -0.4 is 21.2 Å². The second kappa shape index (κ2) is 12.8. The fourth-order valence-electron chi connectivity index (χ4n) is 7.13. The van der Waals surface area contributed by atoms with Gasteiger partial charge < -0.3 is 0 Å². The Bertz CT molecular complexity index is 1530. The fraction of sp³-hybridized carbons (Fsp3) is 0.256. The van der Waals surface area contributed by atoms with Gasteiger partial charge in [-0.2, -0.15) is 0 Å². The summed E-state index contributed by atoms with van der Waals surface area (Å²) < 4.78 is 0. The molecular formula is C43H46P2. The van der Waals surface area contributed by atoms with E-state index in [1.807, 2.05) is 0 Å². The van der Waals surface area contributed by atoms with Gasteiger partial charge in [0.25, 0.3) is 0 Å². The van der Waals surface area contributed by atoms with Gasteiger partial charge in [0.1, 0.15) is 0 Å². The van der Waals surface area contributed by atoms with E-state index in [4.69, 9.17) is 0 Å². The lowest BCUT2D eigenvalue weighted by atomic mass is 9.77. The Morgan fingerprint density at radius 2 is 0.667 bits per heavy atom. The van der Waals surface area contributed by atoms with Gasteiger partial charge in [-0.1, -0.05) is 198 Å². The van der Waals surface area contributed by atoms with Crippen LogP contribution >= 0.6 is 15.8 Å². The van der Waals surface area contributed by atoms with Gasteiger partial charge in [-0.15, -0.1) is 0 Å². The zero-order valence-electron chi connectivity index (χ0n) is 27.7. The Kier molecular flexibility index (Phi) is 9.03. The monoisotopic (exact) mass is 624 g/mol. The third-order valence-electron chi connectivity index (χ3n) is 9.93. The van der Waals surface area contributed by atoms with Crippen molar-refractivity contribution in [1.29, 1.82) is 0 Å². The molecule has 0 N–H and O–H groups in total. The summed E-state index contributed by atoms with van der Waals surface area (Å²) in [6, 6.07) is 44.7. The molecule has 4 aromatic carbocycles. The molecule has 0 nitrogen and oxygen atoms in total. The van der Waals surface area contributed by atoms with Crippen molar-refractivity contribution in [1.82, 2.24) is 0 Å². The molecule has 0 radical (unpaired) electrons. The fourth-order valence-corrected chi connectivity index (χ4v) is 13.1. The average Bonchev–Trinajstić information content (AvgIpc) is 3.76. The lowest BCUT2D eigenvalue weighted by Crippen LogP contribution is -2.31. The van der Waals surface area contributed by atoms with Crippen molar-refractivity contribution in [3.63, 3.8) is 0 Å². The van der Waals surface area contributed by atoms with Gasteiger partial charge >= 0.3 is 0 Å². The molecule has 2 aliphatic carbocycles. The Morgan fingerprint density at radius 3 is 0.933 bits per heavy atom. The maximum Gasteiger partial charge on any atom is 0.0144 e. The van der Waals surface area contributed by atoms with Crippen LogP contribution in [0, 0.1) is 5.41 Å². The molecule has 0 fully saturated rings. The maximum atomic E-state index is 2.56. The van der Waals surface area contributed by atoms with E-state index < -0.39 is 15.8 Å². The first kappa shape index (κ1) is 31.7. The summed E-state index contributed by atoms with van der Waals surface area (Å²) in [6.45, 7) is 14.7. The summed E-state index contributed by atoms with van der Waals surface area (Å²) in [5.41, 5.74) is 5.95. The molecule has 45 heavy (non-hydrogen) atoms. The number of rotatable bonds is 10. The summed E-state index contributed by atoms with van der Waals surface area (Å²) in [5.74, 6) is 0. The van der Waals surface area contributed by atoms with Crippen LogP contribution in [0.2, 0.25) is 0 Å². The summed E-state index contributed by atoms with van der Waals surface area (Å²) in [7, 11) is -1.14. The predicted octanol–water partition coefficient (Wildman–Crippen LogP) is 10.3. The number of hydrogen-bond donors (Lipinski definition) is 0. The van der Waals surface area contributed by atoms with Crippen LogP contribution in [-0.4, -0.2) is 10.3 Å². The van der Waals surface area contributed by atoms with Gasteiger partial charge in [-0.3, -0.25) is 0 Å². The molecule has 4 aromatic rings. The number of hydrogen-bond acceptors (Lipinski definition) is 0. The third kappa shape index (κ3) is 6.26. The highest BCUT2D eigenvalue weighted by Gasteiger charge is 2.40. The Morgan fingerprint density at radius 1 is 0.400 bits per heavy atom. The highest BCUT2D eigenvalue weighted by atomic mass is 31.1. The van der Waals surface area contributed by atoms with Crippen LogP contribution in [0.25, 0.3) is 0 Å². The first-order chi connectivity index (χ1) is 21.6. The van der Waals surface area contributed by atoms with E-state index in [1.54, 1.807) is 11.1 Å². The van der Waals surface area contributed by atoms with Crippen LogP contribution in [0.4, 0.5) is 0 Å². The smallest absolute Gasteiger partial charge is 0.0144 e. The minimum atomic E-state index is -0.571. The van der Waals surface area contributed by atoms with E-state index in [1.165, 1.54) is 32.4 Å². The summed E-state index contributed by atoms with van der Waals surface area (Å²) in [5, 5.41) is 5.83. The molecule has 228 valence electrons. The van der Waals surface area contributed by atoms with Crippen molar-refractivity contribution in [2.75, 3.05) is 0 Å². The van der Waals surface area contributed by atoms with E-state index in [-0.39, 0.29) is 15.7 Å². The minimum Gasteiger partial charge on any atom is -0.0763 e. The maximum absolute atomic E-state index is 2.56. The Labute approximate surface area is 274 Å². The van der Waals surface area contributed by atoms with Crippen molar-refractivity contribution in [3.05, 3.63) is 168 Å². The van der Waals surface area contributed by atoms with E-state index in [0.717, 1.165) is 12.8 Å². The topological polar surface area (TPSA) is 0 Å². The first-order valence-corrected chi connectivity index (χ1v) is 18.9. The normalized spacial score (nSPS) is 15.6. The van der Waals surface area contributed by atoms with E-state index >= 15 is 0 Å². The highest BCUT2D eigenvalue weighted by molar-refractivity contribution is 7.75. The predicted molar refractivity (Wildman–Crippen MR) is 202 cm³/mol. The summed E-state index contributed by atoms with van der Waals surface area (Å²) >= 11 is 0. The quantitative estimate of drug-likeness (QED) is 0.154. The molecule has 2 aliphatic rings. The largest absolute Gasteiger partial charge is 0.0763 e. The second-order valence-corrected chi connectivity index (χ2v) is 19.5.